The van der Waals surface area contributed by atoms with Gasteiger partial charge in [-0.25, -0.2) is 29.1 Å². The number of carbonyl (C=O) groups excluding carboxylic acids is 10. The summed E-state index contributed by atoms with van der Waals surface area (Å²) in [6, 6.07) is -12.3. The molecule has 6 rings (SSSR count). The smallest absolute Gasteiger partial charge is 0.407 e. The number of fused-ring (bicyclic) bond motifs is 1. The van der Waals surface area contributed by atoms with Crippen LogP contribution in [0.3, 0.4) is 0 Å². The number of anilines is 2. The summed E-state index contributed by atoms with van der Waals surface area (Å²) < 4.78 is 18.5. The number of nitrogen functional groups attached to an aromatic ring is 1. The van der Waals surface area contributed by atoms with Crippen molar-refractivity contribution in [2.75, 3.05) is 24.2 Å². The third-order valence-corrected chi connectivity index (χ3v) is 20.0. The third kappa shape index (κ3) is 36.9. The molecular weight excluding hydrogens is 1730 g/mol. The van der Waals surface area contributed by atoms with Gasteiger partial charge in [-0.3, -0.25) is 67.0 Å². The fourth-order valence-electron chi connectivity index (χ4n) is 13.4. The standard InChI is InChI=1S/C83H109N19O29/c1-6-12-61-45(5)60(103)38-62(131-61)51(16-9-13-42(2)31-44(4)32-43(3)19-24-50-14-10-18-69(115)130-50)97-83(128)129-30-27-48-41-102(101-100-48)29-11-17-52(73(117)93-58(36-67(111)112)77(121)96-57(35-66(109)110)76(120)92-53(80(124)125)15-7-8-28-84)90-75(119)56(34-65(107)108)95-78(122)59(37-68(113)114)94-74(118)55(33-64(105)106)89-63(104)26-25-54(81(126)127)91-72(116)46-20-22-47(23-21-46)86-39-49-40-87-71-70(88-49)79(123)99-82(85)98-71/h6,9-10,12-13,16,18-24,32,40-41,44-45,50-62,86,103H,7-8,11,14-15,17,25-31,33-39,84H2,1-5H3,(H,89,104)(H,90,119)(H,91,116)(H,92,120)(H,93,117)(H,94,118)(H,95,122)(H,96,121)(H,97,128)(H,105,106)(H,107,108)(H,109,110)(H,111,112)(H,113,114)(H,124,125)(H,126,127)(H3,85,87,98,99,123)/b12-6+,16-9+,24-19+,42-13+,43-32-/t44-,45+,50-,51-,52+,53-,54+,55-,56-,57-,58-,59-,60-,61+,62+/m1/s1. The van der Waals surface area contributed by atoms with Crippen LogP contribution in [0, 0.1) is 11.8 Å². The average Bonchev–Trinajstić information content (AvgIpc) is 1.06. The van der Waals surface area contributed by atoms with Crippen LogP contribution in [0.1, 0.15) is 153 Å². The molecule has 1 aromatic carbocycles. The van der Waals surface area contributed by atoms with Gasteiger partial charge < -0.3 is 125 Å². The molecule has 0 bridgehead atoms. The molecule has 2 aliphatic heterocycles. The molecule has 4 aromatic rings. The molecule has 710 valence electrons. The number of amides is 9. The van der Waals surface area contributed by atoms with E-state index in [1.807, 2.05) is 67.2 Å². The van der Waals surface area contributed by atoms with Crippen molar-refractivity contribution in [1.29, 1.82) is 0 Å². The number of rotatable bonds is 54. The number of unbranched alkanes of at least 4 members (excludes halogenated alkanes) is 1. The Morgan fingerprint density at radius 2 is 1.19 bits per heavy atom. The van der Waals surface area contributed by atoms with Crippen molar-refractivity contribution in [2.45, 2.75) is 229 Å². The number of carbonyl (C=O) groups is 17. The van der Waals surface area contributed by atoms with Crippen molar-refractivity contribution >= 4 is 124 Å². The number of aromatic nitrogens is 7. The molecule has 3 aromatic heterocycles. The number of nitrogens with two attached hydrogens (primary N) is 2. The molecule has 0 spiro atoms. The highest BCUT2D eigenvalue weighted by Gasteiger charge is 2.40. The van der Waals surface area contributed by atoms with E-state index in [-0.39, 0.29) is 105 Å². The van der Waals surface area contributed by atoms with Gasteiger partial charge in [-0.15, -0.1) is 5.10 Å². The number of benzene rings is 1. The number of aliphatic hydroxyl groups excluding tert-OH is 1. The molecule has 15 atom stereocenters. The van der Waals surface area contributed by atoms with Gasteiger partial charge in [-0.05, 0) is 109 Å². The summed E-state index contributed by atoms with van der Waals surface area (Å²) in [5.41, 5.74) is 13.9. The van der Waals surface area contributed by atoms with Gasteiger partial charge in [0.2, 0.25) is 53.2 Å². The molecule has 0 saturated carbocycles. The van der Waals surface area contributed by atoms with Gasteiger partial charge in [0.1, 0.15) is 54.4 Å². The second-order valence-corrected chi connectivity index (χ2v) is 30.8. The molecule has 1 saturated heterocycles. The topological polar surface area (TPSA) is 755 Å². The molecule has 48 heteroatoms. The Morgan fingerprint density at radius 1 is 0.649 bits per heavy atom. The monoisotopic (exact) mass is 1840 g/mol. The Hall–Kier alpha value is -14.7. The van der Waals surface area contributed by atoms with Crippen molar-refractivity contribution in [3.05, 3.63) is 126 Å². The van der Waals surface area contributed by atoms with Crippen molar-refractivity contribution in [3.63, 3.8) is 0 Å². The Morgan fingerprint density at radius 3 is 1.74 bits per heavy atom. The first-order valence-corrected chi connectivity index (χ1v) is 41.4. The van der Waals surface area contributed by atoms with Gasteiger partial charge in [-0.2, -0.15) is 9.97 Å². The molecule has 48 nitrogen and oxygen atoms in total. The highest BCUT2D eigenvalue weighted by atomic mass is 16.6. The van der Waals surface area contributed by atoms with E-state index in [0.29, 0.717) is 30.6 Å². The van der Waals surface area contributed by atoms with E-state index >= 15 is 0 Å². The highest BCUT2D eigenvalue weighted by Crippen LogP contribution is 2.29. The van der Waals surface area contributed by atoms with Gasteiger partial charge in [0.05, 0.1) is 87.2 Å². The number of esters is 1. The zero-order valence-electron chi connectivity index (χ0n) is 72.0. The number of aryl methyl sites for hydroxylation is 1. The van der Waals surface area contributed by atoms with Crippen LogP contribution in [0.4, 0.5) is 16.4 Å². The predicted octanol–water partition coefficient (Wildman–Crippen LogP) is -0.394. The molecule has 0 radical (unpaired) electrons. The van der Waals surface area contributed by atoms with E-state index in [4.69, 9.17) is 25.7 Å². The van der Waals surface area contributed by atoms with Crippen LogP contribution in [0.15, 0.2) is 109 Å². The summed E-state index contributed by atoms with van der Waals surface area (Å²) in [4.78, 5) is 238. The maximum Gasteiger partial charge on any atom is 0.407 e. The zero-order valence-corrected chi connectivity index (χ0v) is 72.0. The second-order valence-electron chi connectivity index (χ2n) is 30.8. The number of hydrogen-bond donors (Lipinski definition) is 21. The normalized spacial score (nSPS) is 18.0. The quantitative estimate of drug-likeness (QED) is 0.0116. The number of hydrogen-bond acceptors (Lipinski definition) is 31. The van der Waals surface area contributed by atoms with Gasteiger partial charge in [0.15, 0.2) is 11.2 Å². The van der Waals surface area contributed by atoms with Crippen molar-refractivity contribution in [2.24, 2.45) is 17.6 Å². The Kier molecular flexibility index (Phi) is 42.1. The van der Waals surface area contributed by atoms with Crippen molar-refractivity contribution < 1.29 is 142 Å². The van der Waals surface area contributed by atoms with Gasteiger partial charge in [-0.1, -0.05) is 78.8 Å². The number of carboxylic acids is 7. The minimum atomic E-state index is -2.39. The van der Waals surface area contributed by atoms with Gasteiger partial charge >= 0.3 is 53.8 Å². The number of alkyl carbamates (subject to hydrolysis) is 1. The lowest BCUT2D eigenvalue weighted by Crippen LogP contribution is -2.60. The lowest BCUT2D eigenvalue weighted by Gasteiger charge is -2.39. The molecule has 0 aliphatic carbocycles. The first-order chi connectivity index (χ1) is 62.1. The molecular formula is C83H109N19O29. The number of aliphatic hydroxyl groups is 1. The van der Waals surface area contributed by atoms with Crippen molar-refractivity contribution in [3.8, 4) is 5.88 Å². The van der Waals surface area contributed by atoms with Gasteiger partial charge in [0.25, 0.3) is 5.91 Å². The minimum absolute atomic E-state index is 0.0254. The summed E-state index contributed by atoms with van der Waals surface area (Å²) in [7, 11) is 0. The largest absolute Gasteiger partial charge is 0.492 e. The number of cyclic esters (lactones) is 1. The van der Waals surface area contributed by atoms with Crippen LogP contribution in [0.25, 0.3) is 11.2 Å². The minimum Gasteiger partial charge on any atom is -0.492 e. The predicted molar refractivity (Wildman–Crippen MR) is 456 cm³/mol. The summed E-state index contributed by atoms with van der Waals surface area (Å²) in [6.07, 6.45) is 9.70. The number of nitrogens with zero attached hydrogens (tertiary/aromatic N) is 7. The Balaban J connectivity index is 1.16. The number of ether oxygens (including phenoxy) is 3. The molecule has 131 heavy (non-hydrogen) atoms. The lowest BCUT2D eigenvalue weighted by molar-refractivity contribution is -0.145. The summed E-state index contributed by atoms with van der Waals surface area (Å²) in [5, 5.41) is 121. The molecule has 5 heterocycles. The molecule has 0 unspecified atom stereocenters. The summed E-state index contributed by atoms with van der Waals surface area (Å²) in [6.45, 7) is 9.21. The fourth-order valence-corrected chi connectivity index (χ4v) is 13.4. The molecule has 9 amide bonds. The van der Waals surface area contributed by atoms with E-state index < -0.39 is 231 Å². The first-order valence-electron chi connectivity index (χ1n) is 41.4. The zero-order chi connectivity index (χ0) is 96.7. The first kappa shape index (κ1) is 105. The van der Waals surface area contributed by atoms with E-state index in [0.717, 1.165) is 11.1 Å². The van der Waals surface area contributed by atoms with Crippen molar-refractivity contribution in [1.82, 2.24) is 82.8 Å². The van der Waals surface area contributed by atoms with Gasteiger partial charge in [0, 0.05) is 61.7 Å². The maximum atomic E-state index is 14.6. The third-order valence-electron chi connectivity index (χ3n) is 20.0. The molecule has 1 fully saturated rings. The highest BCUT2D eigenvalue weighted by molar-refractivity contribution is 6.01. The van der Waals surface area contributed by atoms with E-state index in [1.54, 1.807) is 37.3 Å². The van der Waals surface area contributed by atoms with E-state index in [1.165, 1.54) is 47.4 Å². The van der Waals surface area contributed by atoms with Crippen LogP contribution >= 0.6 is 0 Å². The van der Waals surface area contributed by atoms with Crippen LogP contribution in [0.5, 0.6) is 5.88 Å². The second kappa shape index (κ2) is 52.5. The Labute approximate surface area is 747 Å². The van der Waals surface area contributed by atoms with Crippen LogP contribution in [0.2, 0.25) is 0 Å². The molecule has 23 N–H and O–H groups in total. The fraction of sp³-hybridized carbons (Fsp3) is 0.482. The van der Waals surface area contributed by atoms with E-state index in [9.17, 15) is 127 Å². The SMILES string of the molecule is C/C=C/[C@@H]1O[C@H]([C@@H](/C=C/C=C(\C)C[C@@H](C)/C=C(C)\C=C\[C@H]2CC=CC(=O)O2)NC(=O)OCCc2cn(CCC[C@H](NC(=O)[C@@H](CC(=O)O)NC(=O)[C@@H](CC(=O)O)NC(=O)[C@@H](CC(=O)O)NC(=O)CC[C@H](NC(=O)c3ccc(NCc4cnc5nc(N)nc(O)c5n4)cc3)C(=O)O)C(=O)N[C@H](CC(=O)O)C(=O)N[C@H](CC(=O)O)C(=O)N[C@H](CCCCN)C(=O)O)nn2)C[C@@H](O)[C@@H]1C. The number of aliphatic carboxylic acids is 7. The summed E-state index contributed by atoms with van der Waals surface area (Å²) >= 11 is 0. The number of aromatic hydroxyl groups is 1. The maximum absolute atomic E-state index is 14.6. The van der Waals surface area contributed by atoms with E-state index in [2.05, 4.69) is 68.2 Å². The van der Waals surface area contributed by atoms with Crippen LogP contribution < -0.4 is 64.6 Å². The average molecular weight is 1840 g/mol. The number of nitrogens with one attached hydrogen (secondary N) is 10. The van der Waals surface area contributed by atoms with Crippen LogP contribution in [-0.4, -0.2) is 274 Å². The number of carboxylic acid groups (broad SMARTS) is 7. The number of allylic oxidation sites excluding steroid dienone is 7. The molecule has 2 aliphatic rings. The summed E-state index contributed by atoms with van der Waals surface area (Å²) in [5.74, 6) is -25.1. The Bertz CT molecular complexity index is 4960. The lowest BCUT2D eigenvalue weighted by atomic mass is 9.87. The van der Waals surface area contributed by atoms with Crippen LogP contribution in [-0.2, 0) is 106 Å².